The fourth-order valence-corrected chi connectivity index (χ4v) is 4.79. The topological polar surface area (TPSA) is 69.6 Å². The highest BCUT2D eigenvalue weighted by molar-refractivity contribution is 7.17. The van der Waals surface area contributed by atoms with Crippen LogP contribution in [-0.4, -0.2) is 23.6 Å². The van der Waals surface area contributed by atoms with Crippen molar-refractivity contribution in [1.82, 2.24) is 0 Å². The van der Waals surface area contributed by atoms with Gasteiger partial charge >= 0.3 is 0 Å². The zero-order chi connectivity index (χ0) is 21.0. The summed E-state index contributed by atoms with van der Waals surface area (Å²) in [6.45, 7) is 2.20. The van der Waals surface area contributed by atoms with Gasteiger partial charge in [0.25, 0.3) is 0 Å². The normalized spacial score (nSPS) is 10.5. The number of aromatic hydroxyl groups is 1. The number of phenolic OH excluding ortho intramolecular Hbond substituents is 1. The molecule has 2 aromatic carbocycles. The lowest BCUT2D eigenvalue weighted by Gasteiger charge is -2.09. The van der Waals surface area contributed by atoms with Crippen LogP contribution in [0.3, 0.4) is 0 Å². The average Bonchev–Trinajstić information content (AvgIpc) is 3.33. The minimum atomic E-state index is -0.344. The van der Waals surface area contributed by atoms with E-state index in [1.54, 1.807) is 28.8 Å². The lowest BCUT2D eigenvalue weighted by atomic mass is 10.0. The van der Waals surface area contributed by atoms with E-state index >= 15 is 0 Å². The highest BCUT2D eigenvalue weighted by Gasteiger charge is 2.16. The van der Waals surface area contributed by atoms with Crippen molar-refractivity contribution in [3.63, 3.8) is 0 Å². The Morgan fingerprint density at radius 1 is 1.10 bits per heavy atom. The number of fused-ring (bicyclic) bond motifs is 1. The summed E-state index contributed by atoms with van der Waals surface area (Å²) in [5.41, 5.74) is 3.00. The molecule has 150 valence electrons. The zero-order valence-electron chi connectivity index (χ0n) is 15.9. The van der Waals surface area contributed by atoms with Crippen molar-refractivity contribution in [1.29, 1.82) is 0 Å². The monoisotopic (exact) mass is 429 g/mol. The highest BCUT2D eigenvalue weighted by Crippen LogP contribution is 2.37. The molecule has 29 heavy (non-hydrogen) atoms. The lowest BCUT2D eigenvalue weighted by molar-refractivity contribution is 0.112. The maximum absolute atomic E-state index is 14.3. The van der Waals surface area contributed by atoms with Gasteiger partial charge in [-0.25, -0.2) is 4.39 Å². The molecule has 0 fully saturated rings. The first kappa shape index (κ1) is 21.0. The fraction of sp³-hybridized carbons (Fsp3) is 0.136. The Hall–Kier alpha value is -2.74. The molecule has 4 aromatic rings. The molecular formula is C22H20FNO3S2. The van der Waals surface area contributed by atoms with Crippen LogP contribution in [0.4, 0.5) is 9.39 Å². The fourth-order valence-electron chi connectivity index (χ4n) is 3.02. The molecule has 0 amide bonds. The number of hydrogen-bond acceptors (Lipinski definition) is 6. The Balaban J connectivity index is 0.00000117. The van der Waals surface area contributed by atoms with Crippen molar-refractivity contribution in [2.24, 2.45) is 0 Å². The minimum Gasteiger partial charge on any atom is -0.508 e. The van der Waals surface area contributed by atoms with Gasteiger partial charge in [0.2, 0.25) is 0 Å². The van der Waals surface area contributed by atoms with Gasteiger partial charge < -0.3 is 15.5 Å². The van der Waals surface area contributed by atoms with Crippen LogP contribution in [0.5, 0.6) is 5.75 Å². The number of halogens is 1. The van der Waals surface area contributed by atoms with E-state index in [1.165, 1.54) is 17.4 Å². The van der Waals surface area contributed by atoms with Crippen LogP contribution in [0, 0.1) is 12.7 Å². The number of aliphatic hydroxyl groups excluding tert-OH is 1. The summed E-state index contributed by atoms with van der Waals surface area (Å²) in [4.78, 5) is 11.7. The molecule has 0 saturated heterocycles. The second kappa shape index (κ2) is 9.17. The van der Waals surface area contributed by atoms with Crippen molar-refractivity contribution < 1.29 is 19.4 Å². The van der Waals surface area contributed by atoms with E-state index in [0.717, 1.165) is 34.6 Å². The third kappa shape index (κ3) is 4.32. The summed E-state index contributed by atoms with van der Waals surface area (Å²) in [7, 11) is 1.00. The predicted octanol–water partition coefficient (Wildman–Crippen LogP) is 5.82. The van der Waals surface area contributed by atoms with E-state index in [2.05, 4.69) is 5.32 Å². The standard InChI is InChI=1S/C21H16FNO2S2.CH4O/c1-12-2-3-15(18(22)6-12)17-11-27-21(16(17)10-24)23-9-14-8-20-13(4-5-26-20)7-19(14)25;1-2/h2-8,10-11,23,25H,9H2,1H3;2H,1H3. The molecule has 0 bridgehead atoms. The van der Waals surface area contributed by atoms with E-state index in [4.69, 9.17) is 5.11 Å². The van der Waals surface area contributed by atoms with E-state index in [9.17, 15) is 14.3 Å². The Morgan fingerprint density at radius 2 is 1.90 bits per heavy atom. The van der Waals surface area contributed by atoms with Crippen molar-refractivity contribution in [2.45, 2.75) is 13.5 Å². The lowest BCUT2D eigenvalue weighted by Crippen LogP contribution is -2.00. The number of nitrogens with one attached hydrogen (secondary N) is 1. The van der Waals surface area contributed by atoms with Gasteiger partial charge in [0.1, 0.15) is 11.6 Å². The van der Waals surface area contributed by atoms with Crippen LogP contribution in [0.2, 0.25) is 0 Å². The van der Waals surface area contributed by atoms with Gasteiger partial charge in [-0.05, 0) is 47.5 Å². The van der Waals surface area contributed by atoms with Gasteiger partial charge in [0.15, 0.2) is 6.29 Å². The number of aldehydes is 1. The zero-order valence-corrected chi connectivity index (χ0v) is 17.5. The van der Waals surface area contributed by atoms with Gasteiger partial charge in [0, 0.05) is 40.4 Å². The number of rotatable bonds is 5. The van der Waals surface area contributed by atoms with Gasteiger partial charge in [-0.15, -0.1) is 22.7 Å². The second-order valence-corrected chi connectivity index (χ2v) is 8.11. The molecule has 0 aliphatic rings. The Kier molecular flexibility index (Phi) is 6.64. The minimum absolute atomic E-state index is 0.211. The molecule has 7 heteroatoms. The van der Waals surface area contributed by atoms with Crippen LogP contribution in [0.25, 0.3) is 21.2 Å². The largest absolute Gasteiger partial charge is 0.508 e. The summed E-state index contributed by atoms with van der Waals surface area (Å²) in [6.07, 6.45) is 0.746. The first-order valence-corrected chi connectivity index (χ1v) is 10.5. The van der Waals surface area contributed by atoms with Crippen molar-refractivity contribution >= 4 is 44.0 Å². The third-order valence-corrected chi connectivity index (χ3v) is 6.29. The van der Waals surface area contributed by atoms with Crippen molar-refractivity contribution in [3.05, 3.63) is 69.7 Å². The maximum atomic E-state index is 14.3. The molecule has 0 radical (unpaired) electrons. The Morgan fingerprint density at radius 3 is 2.62 bits per heavy atom. The van der Waals surface area contributed by atoms with E-state index in [0.29, 0.717) is 28.2 Å². The van der Waals surface area contributed by atoms with Crippen LogP contribution in [0.1, 0.15) is 21.5 Å². The van der Waals surface area contributed by atoms with Gasteiger partial charge in [-0.2, -0.15) is 0 Å². The molecule has 3 N–H and O–H groups in total. The van der Waals surface area contributed by atoms with Gasteiger partial charge in [0.05, 0.1) is 10.6 Å². The molecule has 0 spiro atoms. The molecule has 0 saturated carbocycles. The Bertz CT molecular complexity index is 1150. The van der Waals surface area contributed by atoms with Crippen LogP contribution < -0.4 is 5.32 Å². The first-order chi connectivity index (χ1) is 14.1. The summed E-state index contributed by atoms with van der Waals surface area (Å²) >= 11 is 2.96. The average molecular weight is 430 g/mol. The van der Waals surface area contributed by atoms with Gasteiger partial charge in [-0.1, -0.05) is 12.1 Å². The molecular weight excluding hydrogens is 409 g/mol. The van der Waals surface area contributed by atoms with Crippen LogP contribution in [0.15, 0.2) is 47.2 Å². The second-order valence-electron chi connectivity index (χ2n) is 6.29. The number of anilines is 1. The summed E-state index contributed by atoms with van der Waals surface area (Å²) in [5.74, 6) is -0.134. The number of aryl methyl sites for hydroxylation is 1. The molecule has 2 aromatic heterocycles. The predicted molar refractivity (Wildman–Crippen MR) is 119 cm³/mol. The van der Waals surface area contributed by atoms with Crippen molar-refractivity contribution in [2.75, 3.05) is 12.4 Å². The summed E-state index contributed by atoms with van der Waals surface area (Å²) < 4.78 is 15.4. The maximum Gasteiger partial charge on any atom is 0.153 e. The number of aliphatic hydroxyl groups is 1. The molecule has 0 atom stereocenters. The number of benzene rings is 2. The number of thiophene rings is 2. The van der Waals surface area contributed by atoms with E-state index in [-0.39, 0.29) is 11.6 Å². The first-order valence-electron chi connectivity index (χ1n) is 8.77. The molecule has 0 aliphatic heterocycles. The number of carbonyl (C=O) groups excluding carboxylic acids is 1. The molecule has 0 aliphatic carbocycles. The number of hydrogen-bond donors (Lipinski definition) is 3. The summed E-state index contributed by atoms with van der Waals surface area (Å²) in [5, 5.41) is 25.9. The smallest absolute Gasteiger partial charge is 0.153 e. The highest BCUT2D eigenvalue weighted by atomic mass is 32.1. The number of carbonyl (C=O) groups is 1. The van der Waals surface area contributed by atoms with Crippen molar-refractivity contribution in [3.8, 4) is 16.9 Å². The van der Waals surface area contributed by atoms with Gasteiger partial charge in [-0.3, -0.25) is 4.79 Å². The number of phenols is 1. The van der Waals surface area contributed by atoms with Crippen LogP contribution >= 0.6 is 22.7 Å². The molecule has 0 unspecified atom stereocenters. The van der Waals surface area contributed by atoms with Crippen LogP contribution in [-0.2, 0) is 6.54 Å². The van der Waals surface area contributed by atoms with E-state index in [1.807, 2.05) is 30.5 Å². The third-order valence-electron chi connectivity index (χ3n) is 4.46. The molecule has 4 nitrogen and oxygen atoms in total. The van der Waals surface area contributed by atoms with E-state index < -0.39 is 0 Å². The molecule has 4 rings (SSSR count). The summed E-state index contributed by atoms with van der Waals surface area (Å²) in [6, 6.07) is 10.6. The Labute approximate surface area is 175 Å². The SMILES string of the molecule is CO.Cc1ccc(-c2csc(NCc3cc4sccc4cc3O)c2C=O)c(F)c1. The quantitative estimate of drug-likeness (QED) is 0.350. The molecule has 2 heterocycles.